The summed E-state index contributed by atoms with van der Waals surface area (Å²) in [4.78, 5) is 7.00. The Hall–Kier alpha value is -1.35. The van der Waals surface area contributed by atoms with E-state index in [1.807, 2.05) is 12.4 Å². The molecule has 0 N–H and O–H groups in total. The number of benzene rings is 1. The van der Waals surface area contributed by atoms with E-state index in [4.69, 9.17) is 0 Å². The Bertz CT molecular complexity index is 503. The lowest BCUT2D eigenvalue weighted by molar-refractivity contribution is 0.124. The first-order valence-electron chi connectivity index (χ1n) is 6.48. The number of imidazole rings is 1. The van der Waals surface area contributed by atoms with Crippen molar-refractivity contribution in [2.45, 2.75) is 38.9 Å². The molecule has 0 saturated carbocycles. The Labute approximate surface area is 102 Å². The van der Waals surface area contributed by atoms with Crippen LogP contribution < -0.4 is 0 Å². The van der Waals surface area contributed by atoms with E-state index in [1.54, 1.807) is 0 Å². The molecule has 1 atom stereocenters. The number of fused-ring (bicyclic) bond motifs is 1. The second-order valence-electron chi connectivity index (χ2n) is 5.00. The van der Waals surface area contributed by atoms with Crippen molar-refractivity contribution in [2.24, 2.45) is 0 Å². The fraction of sp³-hybridized carbons (Fsp3) is 0.500. The summed E-state index contributed by atoms with van der Waals surface area (Å²) < 4.78 is 2.26. The number of nitrogens with zero attached hydrogens (tertiary/aromatic N) is 3. The molecule has 3 heteroatoms. The van der Waals surface area contributed by atoms with Gasteiger partial charge in [0.2, 0.25) is 0 Å². The smallest absolute Gasteiger partial charge is 0.0969 e. The monoisotopic (exact) mass is 229 g/mol. The van der Waals surface area contributed by atoms with Crippen molar-refractivity contribution < 1.29 is 0 Å². The molecule has 90 valence electrons. The van der Waals surface area contributed by atoms with Crippen LogP contribution in [0.25, 0.3) is 11.0 Å². The molecule has 0 bridgehead atoms. The minimum atomic E-state index is 0.699. The zero-order valence-electron chi connectivity index (χ0n) is 10.3. The van der Waals surface area contributed by atoms with Gasteiger partial charge in [-0.15, -0.1) is 0 Å². The maximum absolute atomic E-state index is 4.45. The summed E-state index contributed by atoms with van der Waals surface area (Å²) in [5.41, 5.74) is 2.34. The maximum Gasteiger partial charge on any atom is 0.0969 e. The normalized spacial score (nSPS) is 22.1. The van der Waals surface area contributed by atoms with E-state index in [2.05, 4.69) is 39.6 Å². The van der Waals surface area contributed by atoms with Gasteiger partial charge in [0.15, 0.2) is 0 Å². The lowest BCUT2D eigenvalue weighted by Gasteiger charge is -2.33. The molecule has 17 heavy (non-hydrogen) atoms. The topological polar surface area (TPSA) is 21.1 Å². The van der Waals surface area contributed by atoms with Crippen LogP contribution in [0.3, 0.4) is 0 Å². The van der Waals surface area contributed by atoms with Crippen LogP contribution in [0.5, 0.6) is 0 Å². The molecule has 2 heterocycles. The van der Waals surface area contributed by atoms with Crippen LogP contribution in [0.1, 0.15) is 26.2 Å². The van der Waals surface area contributed by atoms with Crippen molar-refractivity contribution in [2.75, 3.05) is 6.54 Å². The largest absolute Gasteiger partial charge is 0.317 e. The Balaban J connectivity index is 1.84. The molecule has 1 aromatic heterocycles. The van der Waals surface area contributed by atoms with E-state index < -0.39 is 0 Å². The molecule has 0 spiro atoms. The summed E-state index contributed by atoms with van der Waals surface area (Å²) >= 11 is 0. The molecule has 1 unspecified atom stereocenters. The van der Waals surface area contributed by atoms with E-state index >= 15 is 0 Å². The molecule has 0 amide bonds. The number of para-hydroxylation sites is 2. The third kappa shape index (κ3) is 2.07. The van der Waals surface area contributed by atoms with Crippen LogP contribution in [0.2, 0.25) is 0 Å². The number of hydrogen-bond donors (Lipinski definition) is 0. The molecule has 1 fully saturated rings. The lowest BCUT2D eigenvalue weighted by Crippen LogP contribution is -2.38. The van der Waals surface area contributed by atoms with Gasteiger partial charge in [-0.05, 0) is 31.9 Å². The predicted molar refractivity (Wildman–Crippen MR) is 69.8 cm³/mol. The molecule has 3 nitrogen and oxygen atoms in total. The summed E-state index contributed by atoms with van der Waals surface area (Å²) in [5, 5.41) is 0. The molecule has 1 aromatic carbocycles. The standard InChI is InChI=1S/C14H19N3/c1-12-6-4-5-9-16(12)11-17-10-15-13-7-2-3-8-14(13)17/h2-3,7-8,10,12H,4-6,9,11H2,1H3. The summed E-state index contributed by atoms with van der Waals surface area (Å²) in [6, 6.07) is 9.05. The van der Waals surface area contributed by atoms with Crippen molar-refractivity contribution in [3.05, 3.63) is 30.6 Å². The van der Waals surface area contributed by atoms with E-state index in [-0.39, 0.29) is 0 Å². The second-order valence-corrected chi connectivity index (χ2v) is 5.00. The molecule has 1 aliphatic heterocycles. The molecular weight excluding hydrogens is 210 g/mol. The number of rotatable bonds is 2. The van der Waals surface area contributed by atoms with Gasteiger partial charge in [0.05, 0.1) is 24.0 Å². The van der Waals surface area contributed by atoms with Gasteiger partial charge >= 0.3 is 0 Å². The summed E-state index contributed by atoms with van der Waals surface area (Å²) in [7, 11) is 0. The van der Waals surface area contributed by atoms with E-state index in [0.717, 1.165) is 12.2 Å². The first kappa shape index (κ1) is 10.8. The van der Waals surface area contributed by atoms with Crippen LogP contribution in [-0.4, -0.2) is 27.0 Å². The highest BCUT2D eigenvalue weighted by Crippen LogP contribution is 2.19. The van der Waals surface area contributed by atoms with Crippen LogP contribution in [-0.2, 0) is 6.67 Å². The molecule has 1 saturated heterocycles. The van der Waals surface area contributed by atoms with E-state index in [0.29, 0.717) is 6.04 Å². The Morgan fingerprint density at radius 1 is 1.29 bits per heavy atom. The zero-order valence-corrected chi connectivity index (χ0v) is 10.3. The second kappa shape index (κ2) is 4.49. The van der Waals surface area contributed by atoms with Crippen LogP contribution in [0, 0.1) is 0 Å². The molecule has 0 aliphatic carbocycles. The fourth-order valence-corrected chi connectivity index (χ4v) is 2.69. The number of likely N-dealkylation sites (tertiary alicyclic amines) is 1. The lowest BCUT2D eigenvalue weighted by atomic mass is 10.0. The van der Waals surface area contributed by atoms with Crippen molar-refractivity contribution in [3.8, 4) is 0 Å². The maximum atomic E-state index is 4.45. The van der Waals surface area contributed by atoms with Gasteiger partial charge in [-0.1, -0.05) is 18.6 Å². The third-order valence-electron chi connectivity index (χ3n) is 3.80. The van der Waals surface area contributed by atoms with Crippen LogP contribution in [0.15, 0.2) is 30.6 Å². The first-order chi connectivity index (χ1) is 8.34. The molecule has 3 rings (SSSR count). The quantitative estimate of drug-likeness (QED) is 0.789. The van der Waals surface area contributed by atoms with Gasteiger partial charge in [0.1, 0.15) is 0 Å². The van der Waals surface area contributed by atoms with Crippen LogP contribution in [0.4, 0.5) is 0 Å². The summed E-state index contributed by atoms with van der Waals surface area (Å²) in [6.45, 7) is 4.52. The van der Waals surface area contributed by atoms with Gasteiger partial charge in [-0.25, -0.2) is 4.98 Å². The van der Waals surface area contributed by atoms with Crippen molar-refractivity contribution in [1.29, 1.82) is 0 Å². The van der Waals surface area contributed by atoms with Gasteiger partial charge < -0.3 is 4.57 Å². The highest BCUT2D eigenvalue weighted by molar-refractivity contribution is 5.74. The number of aromatic nitrogens is 2. The highest BCUT2D eigenvalue weighted by atomic mass is 15.3. The number of hydrogen-bond acceptors (Lipinski definition) is 2. The van der Waals surface area contributed by atoms with Crippen molar-refractivity contribution >= 4 is 11.0 Å². The minimum Gasteiger partial charge on any atom is -0.317 e. The summed E-state index contributed by atoms with van der Waals surface area (Å²) in [5.74, 6) is 0. The molecule has 1 aliphatic rings. The highest BCUT2D eigenvalue weighted by Gasteiger charge is 2.18. The predicted octanol–water partition coefficient (Wildman–Crippen LogP) is 2.87. The average Bonchev–Trinajstić information content (AvgIpc) is 2.76. The zero-order chi connectivity index (χ0) is 11.7. The first-order valence-corrected chi connectivity index (χ1v) is 6.48. The molecule has 2 aromatic rings. The average molecular weight is 229 g/mol. The van der Waals surface area contributed by atoms with Gasteiger partial charge in [0.25, 0.3) is 0 Å². The Morgan fingerprint density at radius 2 is 2.18 bits per heavy atom. The van der Waals surface area contributed by atoms with E-state index in [1.165, 1.54) is 31.3 Å². The Kier molecular flexibility index (Phi) is 2.85. The summed E-state index contributed by atoms with van der Waals surface area (Å²) in [6.07, 6.45) is 6.00. The molecular formula is C14H19N3. The van der Waals surface area contributed by atoms with Gasteiger partial charge in [-0.3, -0.25) is 4.90 Å². The fourth-order valence-electron chi connectivity index (χ4n) is 2.69. The number of piperidine rings is 1. The SMILES string of the molecule is CC1CCCCN1Cn1cnc2ccccc21. The van der Waals surface area contributed by atoms with Crippen molar-refractivity contribution in [3.63, 3.8) is 0 Å². The minimum absolute atomic E-state index is 0.699. The van der Waals surface area contributed by atoms with Crippen molar-refractivity contribution in [1.82, 2.24) is 14.5 Å². The van der Waals surface area contributed by atoms with Crippen LogP contribution >= 0.6 is 0 Å². The Morgan fingerprint density at radius 3 is 3.06 bits per heavy atom. The third-order valence-corrected chi connectivity index (χ3v) is 3.80. The van der Waals surface area contributed by atoms with E-state index in [9.17, 15) is 0 Å². The van der Waals surface area contributed by atoms with Gasteiger partial charge in [-0.2, -0.15) is 0 Å². The molecule has 0 radical (unpaired) electrons. The van der Waals surface area contributed by atoms with Gasteiger partial charge in [0, 0.05) is 12.6 Å².